The number of rotatable bonds is 4. The largest absolute Gasteiger partial charge is 0.371 e. The summed E-state index contributed by atoms with van der Waals surface area (Å²) in [6, 6.07) is 9.47. The number of piperidine rings is 2. The van der Waals surface area contributed by atoms with Crippen LogP contribution in [0.5, 0.6) is 0 Å². The minimum absolute atomic E-state index is 0.160. The standard InChI is InChI=1S/C22H34N4O/c1-23-14-8-19(9-15-23)24(2)22(27)18-4-6-20(7-5-18)26-16-10-21(11-17-26)25-12-3-13-25/h4-7,19,21H,3,8-17H2,1-2H3. The molecule has 0 atom stereocenters. The van der Waals surface area contributed by atoms with E-state index in [1.807, 2.05) is 24.1 Å². The van der Waals surface area contributed by atoms with Crippen molar-refractivity contribution < 1.29 is 4.79 Å². The van der Waals surface area contributed by atoms with Gasteiger partial charge in [0.15, 0.2) is 0 Å². The van der Waals surface area contributed by atoms with Crippen LogP contribution in [0.1, 0.15) is 42.5 Å². The summed E-state index contributed by atoms with van der Waals surface area (Å²) in [6.45, 7) is 7.01. The normalized spacial score (nSPS) is 23.3. The highest BCUT2D eigenvalue weighted by molar-refractivity contribution is 5.94. The highest BCUT2D eigenvalue weighted by Crippen LogP contribution is 2.26. The first-order valence-electron chi connectivity index (χ1n) is 10.7. The number of anilines is 1. The van der Waals surface area contributed by atoms with E-state index in [4.69, 9.17) is 0 Å². The van der Waals surface area contributed by atoms with Crippen molar-refractivity contribution in [3.8, 4) is 0 Å². The van der Waals surface area contributed by atoms with E-state index in [1.165, 1.54) is 38.0 Å². The smallest absolute Gasteiger partial charge is 0.253 e. The first kappa shape index (κ1) is 18.8. The van der Waals surface area contributed by atoms with E-state index in [1.54, 1.807) is 0 Å². The van der Waals surface area contributed by atoms with Crippen LogP contribution < -0.4 is 4.90 Å². The van der Waals surface area contributed by atoms with Gasteiger partial charge in [0.1, 0.15) is 0 Å². The summed E-state index contributed by atoms with van der Waals surface area (Å²) < 4.78 is 0. The van der Waals surface area contributed by atoms with Gasteiger partial charge in [0, 0.05) is 43.5 Å². The summed E-state index contributed by atoms with van der Waals surface area (Å²) in [4.78, 5) is 22.3. The lowest BCUT2D eigenvalue weighted by molar-refractivity contribution is 0.0659. The molecule has 0 unspecified atom stereocenters. The summed E-state index contributed by atoms with van der Waals surface area (Å²) in [7, 11) is 4.12. The zero-order valence-corrected chi connectivity index (χ0v) is 16.9. The minimum atomic E-state index is 0.160. The number of hydrogen-bond acceptors (Lipinski definition) is 4. The molecule has 3 saturated heterocycles. The van der Waals surface area contributed by atoms with Crippen LogP contribution in [-0.4, -0.2) is 86.1 Å². The van der Waals surface area contributed by atoms with Crippen LogP contribution in [-0.2, 0) is 0 Å². The highest BCUT2D eigenvalue weighted by atomic mass is 16.2. The molecule has 0 aromatic heterocycles. The van der Waals surface area contributed by atoms with Crippen molar-refractivity contribution in [2.45, 2.75) is 44.2 Å². The van der Waals surface area contributed by atoms with Crippen LogP contribution >= 0.6 is 0 Å². The molecule has 3 aliphatic rings. The third-order valence-electron chi connectivity index (χ3n) is 6.91. The van der Waals surface area contributed by atoms with Crippen molar-refractivity contribution in [1.29, 1.82) is 0 Å². The van der Waals surface area contributed by atoms with Gasteiger partial charge in [-0.25, -0.2) is 0 Å². The summed E-state index contributed by atoms with van der Waals surface area (Å²) in [5.74, 6) is 0.160. The Morgan fingerprint density at radius 2 is 1.56 bits per heavy atom. The molecule has 1 aromatic rings. The summed E-state index contributed by atoms with van der Waals surface area (Å²) >= 11 is 0. The van der Waals surface area contributed by atoms with Crippen molar-refractivity contribution in [3.05, 3.63) is 29.8 Å². The van der Waals surface area contributed by atoms with Gasteiger partial charge in [0.2, 0.25) is 0 Å². The van der Waals surface area contributed by atoms with E-state index in [9.17, 15) is 4.79 Å². The van der Waals surface area contributed by atoms with Gasteiger partial charge in [0.05, 0.1) is 0 Å². The second kappa shape index (κ2) is 8.19. The van der Waals surface area contributed by atoms with E-state index in [2.05, 4.69) is 33.9 Å². The van der Waals surface area contributed by atoms with E-state index in [0.29, 0.717) is 6.04 Å². The maximum atomic E-state index is 12.9. The first-order chi connectivity index (χ1) is 13.1. The Morgan fingerprint density at radius 1 is 0.926 bits per heavy atom. The molecule has 0 bridgehead atoms. The highest BCUT2D eigenvalue weighted by Gasteiger charge is 2.28. The van der Waals surface area contributed by atoms with Crippen molar-refractivity contribution in [1.82, 2.24) is 14.7 Å². The molecule has 148 valence electrons. The lowest BCUT2D eigenvalue weighted by Gasteiger charge is -2.43. The summed E-state index contributed by atoms with van der Waals surface area (Å²) in [5.41, 5.74) is 2.08. The van der Waals surface area contributed by atoms with Crippen LogP contribution in [0.3, 0.4) is 0 Å². The molecular weight excluding hydrogens is 336 g/mol. The SMILES string of the molecule is CN1CCC(N(C)C(=O)c2ccc(N3CCC(N4CCC4)CC3)cc2)CC1. The average molecular weight is 371 g/mol. The van der Waals surface area contributed by atoms with E-state index < -0.39 is 0 Å². The van der Waals surface area contributed by atoms with Crippen LogP contribution in [0.4, 0.5) is 5.69 Å². The van der Waals surface area contributed by atoms with Crippen molar-refractivity contribution in [3.63, 3.8) is 0 Å². The molecular formula is C22H34N4O. The number of hydrogen-bond donors (Lipinski definition) is 0. The molecule has 5 nitrogen and oxygen atoms in total. The van der Waals surface area contributed by atoms with E-state index in [0.717, 1.165) is 50.6 Å². The molecule has 1 aromatic carbocycles. The van der Waals surface area contributed by atoms with Crippen LogP contribution in [0.25, 0.3) is 0 Å². The Kier molecular flexibility index (Phi) is 5.69. The Morgan fingerprint density at radius 3 is 2.11 bits per heavy atom. The molecule has 3 aliphatic heterocycles. The minimum Gasteiger partial charge on any atom is -0.371 e. The van der Waals surface area contributed by atoms with Gasteiger partial charge in [-0.2, -0.15) is 0 Å². The molecule has 4 rings (SSSR count). The molecule has 3 fully saturated rings. The van der Waals surface area contributed by atoms with E-state index in [-0.39, 0.29) is 5.91 Å². The molecule has 1 amide bonds. The Bertz CT molecular complexity index is 626. The zero-order chi connectivity index (χ0) is 18.8. The molecule has 0 radical (unpaired) electrons. The number of nitrogens with zero attached hydrogens (tertiary/aromatic N) is 4. The molecule has 3 heterocycles. The fraction of sp³-hybridized carbons (Fsp3) is 0.682. The van der Waals surface area contributed by atoms with Gasteiger partial charge in [-0.15, -0.1) is 0 Å². The van der Waals surface area contributed by atoms with Gasteiger partial charge in [-0.3, -0.25) is 4.79 Å². The lowest BCUT2D eigenvalue weighted by atomic mass is 9.99. The first-order valence-corrected chi connectivity index (χ1v) is 10.7. The van der Waals surface area contributed by atoms with Gasteiger partial charge in [-0.05, 0) is 89.6 Å². The molecule has 0 saturated carbocycles. The van der Waals surface area contributed by atoms with Crippen LogP contribution in [0, 0.1) is 0 Å². The van der Waals surface area contributed by atoms with Crippen LogP contribution in [0.15, 0.2) is 24.3 Å². The maximum absolute atomic E-state index is 12.9. The lowest BCUT2D eigenvalue weighted by Crippen LogP contribution is -2.50. The monoisotopic (exact) mass is 370 g/mol. The second-order valence-corrected chi connectivity index (χ2v) is 8.61. The average Bonchev–Trinajstić information content (AvgIpc) is 2.67. The molecule has 0 aliphatic carbocycles. The predicted molar refractivity (Wildman–Crippen MR) is 110 cm³/mol. The van der Waals surface area contributed by atoms with Gasteiger partial charge < -0.3 is 19.6 Å². The summed E-state index contributed by atoms with van der Waals surface area (Å²) in [5, 5.41) is 0. The van der Waals surface area contributed by atoms with Crippen LogP contribution in [0.2, 0.25) is 0 Å². The molecule has 5 heteroatoms. The number of amides is 1. The molecule has 27 heavy (non-hydrogen) atoms. The number of likely N-dealkylation sites (tertiary alicyclic amines) is 2. The number of carbonyl (C=O) groups excluding carboxylic acids is 1. The maximum Gasteiger partial charge on any atom is 0.253 e. The predicted octanol–water partition coefficient (Wildman–Crippen LogP) is 2.53. The van der Waals surface area contributed by atoms with Crippen molar-refractivity contribution >= 4 is 11.6 Å². The van der Waals surface area contributed by atoms with Crippen molar-refractivity contribution in [2.75, 3.05) is 58.3 Å². The van der Waals surface area contributed by atoms with E-state index >= 15 is 0 Å². The second-order valence-electron chi connectivity index (χ2n) is 8.61. The van der Waals surface area contributed by atoms with Gasteiger partial charge in [-0.1, -0.05) is 0 Å². The fourth-order valence-corrected chi connectivity index (χ4v) is 4.76. The zero-order valence-electron chi connectivity index (χ0n) is 16.9. The number of benzene rings is 1. The Balaban J connectivity index is 1.32. The Labute approximate surface area is 163 Å². The molecule has 0 spiro atoms. The third kappa shape index (κ3) is 4.14. The quantitative estimate of drug-likeness (QED) is 0.815. The van der Waals surface area contributed by atoms with Gasteiger partial charge in [0.25, 0.3) is 5.91 Å². The summed E-state index contributed by atoms with van der Waals surface area (Å²) in [6.07, 6.45) is 6.05. The topological polar surface area (TPSA) is 30.0 Å². The number of carbonyl (C=O) groups is 1. The molecule has 0 N–H and O–H groups in total. The van der Waals surface area contributed by atoms with Crippen molar-refractivity contribution in [2.24, 2.45) is 0 Å². The Hall–Kier alpha value is -1.59. The third-order valence-corrected chi connectivity index (χ3v) is 6.91. The van der Waals surface area contributed by atoms with Gasteiger partial charge >= 0.3 is 0 Å². The fourth-order valence-electron chi connectivity index (χ4n) is 4.76.